The highest BCUT2D eigenvalue weighted by Gasteiger charge is 2.29. The standard InChI is InChI=1S/C22H31N5O/c1-18(16-25-11-2-3-12-25)22(28)26-13-6-20(7-14-26)21-24-10-15-27(21)17-19-4-8-23-9-5-19/h4-5,8-10,15,18,20H,2-3,6-7,11-14,16-17H2,1H3/t18-/m1/s1. The number of carbonyl (C=O) groups is 1. The highest BCUT2D eigenvalue weighted by molar-refractivity contribution is 5.78. The van der Waals surface area contributed by atoms with Crippen LogP contribution in [0.2, 0.25) is 0 Å². The Morgan fingerprint density at radius 1 is 1.11 bits per heavy atom. The topological polar surface area (TPSA) is 54.3 Å². The van der Waals surface area contributed by atoms with Gasteiger partial charge in [0.05, 0.1) is 0 Å². The Morgan fingerprint density at radius 3 is 2.54 bits per heavy atom. The molecule has 2 saturated heterocycles. The van der Waals surface area contributed by atoms with Gasteiger partial charge in [-0.15, -0.1) is 0 Å². The van der Waals surface area contributed by atoms with Crippen molar-refractivity contribution in [3.05, 3.63) is 48.3 Å². The Morgan fingerprint density at radius 2 is 1.82 bits per heavy atom. The molecule has 0 aromatic carbocycles. The Kier molecular flexibility index (Phi) is 6.05. The molecule has 6 nitrogen and oxygen atoms in total. The summed E-state index contributed by atoms with van der Waals surface area (Å²) in [5.74, 6) is 2.00. The van der Waals surface area contributed by atoms with E-state index >= 15 is 0 Å². The molecule has 2 aliphatic rings. The van der Waals surface area contributed by atoms with E-state index in [2.05, 4.69) is 37.5 Å². The van der Waals surface area contributed by atoms with E-state index < -0.39 is 0 Å². The summed E-state index contributed by atoms with van der Waals surface area (Å²) in [7, 11) is 0. The lowest BCUT2D eigenvalue weighted by atomic mass is 9.94. The van der Waals surface area contributed by atoms with E-state index in [1.165, 1.54) is 18.4 Å². The number of imidazole rings is 1. The molecule has 6 heteroatoms. The average molecular weight is 382 g/mol. The molecule has 0 unspecified atom stereocenters. The van der Waals surface area contributed by atoms with E-state index in [1.807, 2.05) is 30.7 Å². The third-order valence-corrected chi connectivity index (χ3v) is 6.17. The molecule has 0 saturated carbocycles. The number of piperidine rings is 1. The van der Waals surface area contributed by atoms with Crippen LogP contribution in [0.5, 0.6) is 0 Å². The lowest BCUT2D eigenvalue weighted by Gasteiger charge is -2.34. The van der Waals surface area contributed by atoms with Crippen molar-refractivity contribution in [2.45, 2.75) is 45.1 Å². The fraction of sp³-hybridized carbons (Fsp3) is 0.591. The second kappa shape index (κ2) is 8.86. The summed E-state index contributed by atoms with van der Waals surface area (Å²) in [5.41, 5.74) is 1.23. The van der Waals surface area contributed by atoms with E-state index in [4.69, 9.17) is 0 Å². The first-order valence-electron chi connectivity index (χ1n) is 10.6. The van der Waals surface area contributed by atoms with Crippen LogP contribution in [-0.2, 0) is 11.3 Å². The van der Waals surface area contributed by atoms with Crippen LogP contribution in [0.1, 0.15) is 49.9 Å². The van der Waals surface area contributed by atoms with Crippen molar-refractivity contribution >= 4 is 5.91 Å². The van der Waals surface area contributed by atoms with Crippen molar-refractivity contribution in [3.63, 3.8) is 0 Å². The van der Waals surface area contributed by atoms with Gasteiger partial charge >= 0.3 is 0 Å². The minimum Gasteiger partial charge on any atom is -0.342 e. The predicted octanol–water partition coefficient (Wildman–Crippen LogP) is 2.76. The first-order valence-corrected chi connectivity index (χ1v) is 10.6. The predicted molar refractivity (Wildman–Crippen MR) is 109 cm³/mol. The molecule has 0 spiro atoms. The van der Waals surface area contributed by atoms with E-state index in [0.29, 0.717) is 11.8 Å². The van der Waals surface area contributed by atoms with E-state index in [1.54, 1.807) is 0 Å². The van der Waals surface area contributed by atoms with E-state index in [0.717, 1.165) is 57.9 Å². The SMILES string of the molecule is C[C@H](CN1CCCC1)C(=O)N1CCC(c2nccn2Cc2ccncc2)CC1. The van der Waals surface area contributed by atoms with Crippen LogP contribution in [0.4, 0.5) is 0 Å². The van der Waals surface area contributed by atoms with Gasteiger partial charge < -0.3 is 14.4 Å². The molecule has 1 amide bonds. The van der Waals surface area contributed by atoms with Gasteiger partial charge in [0.25, 0.3) is 0 Å². The minimum absolute atomic E-state index is 0.100. The number of amides is 1. The summed E-state index contributed by atoms with van der Waals surface area (Å²) in [6.07, 6.45) is 12.2. The maximum Gasteiger partial charge on any atom is 0.226 e. The van der Waals surface area contributed by atoms with Crippen LogP contribution in [0.25, 0.3) is 0 Å². The summed E-state index contributed by atoms with van der Waals surface area (Å²) in [6, 6.07) is 4.10. The van der Waals surface area contributed by atoms with Gasteiger partial charge in [0, 0.05) is 62.8 Å². The van der Waals surface area contributed by atoms with Gasteiger partial charge in [0.1, 0.15) is 5.82 Å². The van der Waals surface area contributed by atoms with Gasteiger partial charge in [-0.1, -0.05) is 6.92 Å². The highest BCUT2D eigenvalue weighted by atomic mass is 16.2. The number of nitrogens with zero attached hydrogens (tertiary/aromatic N) is 5. The third kappa shape index (κ3) is 4.43. The monoisotopic (exact) mass is 381 g/mol. The lowest BCUT2D eigenvalue weighted by Crippen LogP contribution is -2.43. The van der Waals surface area contributed by atoms with E-state index in [9.17, 15) is 4.79 Å². The fourth-order valence-electron chi connectivity index (χ4n) is 4.60. The van der Waals surface area contributed by atoms with Crippen LogP contribution < -0.4 is 0 Å². The molecule has 150 valence electrons. The number of likely N-dealkylation sites (tertiary alicyclic amines) is 2. The van der Waals surface area contributed by atoms with Gasteiger partial charge in [0.2, 0.25) is 5.91 Å². The van der Waals surface area contributed by atoms with Crippen LogP contribution in [0.3, 0.4) is 0 Å². The zero-order valence-electron chi connectivity index (χ0n) is 16.8. The second-order valence-corrected chi connectivity index (χ2v) is 8.28. The number of carbonyl (C=O) groups excluding carboxylic acids is 1. The van der Waals surface area contributed by atoms with Crippen molar-refractivity contribution in [2.24, 2.45) is 5.92 Å². The summed E-state index contributed by atoms with van der Waals surface area (Å²) >= 11 is 0. The average Bonchev–Trinajstić information content (AvgIpc) is 3.40. The van der Waals surface area contributed by atoms with Gasteiger partial charge in [0.15, 0.2) is 0 Å². The molecule has 2 aliphatic heterocycles. The normalized spacial score (nSPS) is 19.8. The molecule has 1 atom stereocenters. The molecule has 2 aromatic heterocycles. The van der Waals surface area contributed by atoms with Crippen molar-refractivity contribution in [1.29, 1.82) is 0 Å². The zero-order valence-corrected chi connectivity index (χ0v) is 16.8. The Balaban J connectivity index is 1.32. The Hall–Kier alpha value is -2.21. The molecule has 0 aliphatic carbocycles. The van der Waals surface area contributed by atoms with Crippen LogP contribution in [-0.4, -0.2) is 63.0 Å². The number of rotatable bonds is 6. The molecule has 4 heterocycles. The van der Waals surface area contributed by atoms with E-state index in [-0.39, 0.29) is 5.92 Å². The van der Waals surface area contributed by atoms with Crippen LogP contribution in [0.15, 0.2) is 36.9 Å². The van der Waals surface area contributed by atoms with Gasteiger partial charge in [-0.25, -0.2) is 4.98 Å². The first-order chi connectivity index (χ1) is 13.7. The first kappa shape index (κ1) is 19.1. The quantitative estimate of drug-likeness (QED) is 0.772. The number of aromatic nitrogens is 3. The molecule has 0 bridgehead atoms. The molecular weight excluding hydrogens is 350 g/mol. The molecular formula is C22H31N5O. The largest absolute Gasteiger partial charge is 0.342 e. The van der Waals surface area contributed by atoms with Crippen molar-refractivity contribution in [2.75, 3.05) is 32.7 Å². The number of pyridine rings is 1. The Bertz CT molecular complexity index is 760. The van der Waals surface area contributed by atoms with Crippen molar-refractivity contribution in [1.82, 2.24) is 24.3 Å². The number of hydrogen-bond donors (Lipinski definition) is 0. The van der Waals surface area contributed by atoms with Gasteiger partial charge in [-0.2, -0.15) is 0 Å². The maximum atomic E-state index is 12.9. The van der Waals surface area contributed by atoms with Crippen LogP contribution >= 0.6 is 0 Å². The van der Waals surface area contributed by atoms with Gasteiger partial charge in [-0.05, 0) is 56.5 Å². The molecule has 2 aromatic rings. The maximum absolute atomic E-state index is 12.9. The molecule has 0 radical (unpaired) electrons. The molecule has 28 heavy (non-hydrogen) atoms. The molecule has 2 fully saturated rings. The van der Waals surface area contributed by atoms with Crippen molar-refractivity contribution in [3.8, 4) is 0 Å². The minimum atomic E-state index is 0.100. The highest BCUT2D eigenvalue weighted by Crippen LogP contribution is 2.28. The Labute approximate surface area is 167 Å². The zero-order chi connectivity index (χ0) is 19.3. The molecule has 4 rings (SSSR count). The van der Waals surface area contributed by atoms with Crippen molar-refractivity contribution < 1.29 is 4.79 Å². The number of hydrogen-bond acceptors (Lipinski definition) is 4. The fourth-order valence-corrected chi connectivity index (χ4v) is 4.60. The summed E-state index contributed by atoms with van der Waals surface area (Å²) in [5, 5.41) is 0. The van der Waals surface area contributed by atoms with Crippen LogP contribution in [0, 0.1) is 5.92 Å². The molecule has 0 N–H and O–H groups in total. The summed E-state index contributed by atoms with van der Waals surface area (Å²) in [4.78, 5) is 26.1. The third-order valence-electron chi connectivity index (χ3n) is 6.17. The summed E-state index contributed by atoms with van der Waals surface area (Å²) < 4.78 is 2.24. The van der Waals surface area contributed by atoms with Gasteiger partial charge in [-0.3, -0.25) is 9.78 Å². The lowest BCUT2D eigenvalue weighted by molar-refractivity contribution is -0.136. The smallest absolute Gasteiger partial charge is 0.226 e. The summed E-state index contributed by atoms with van der Waals surface area (Å²) in [6.45, 7) is 7.82. The second-order valence-electron chi connectivity index (χ2n) is 8.28.